The first-order chi connectivity index (χ1) is 9.06. The first-order valence-corrected chi connectivity index (χ1v) is 7.25. The van der Waals surface area contributed by atoms with Crippen molar-refractivity contribution < 1.29 is 4.79 Å². The SMILES string of the molecule is CC(C)Cc1cccc(C(=O)c2cccc(Br)c2)c1. The van der Waals surface area contributed by atoms with Crippen LogP contribution < -0.4 is 0 Å². The number of ketones is 1. The zero-order valence-electron chi connectivity index (χ0n) is 11.2. The molecule has 2 aromatic rings. The van der Waals surface area contributed by atoms with Crippen molar-refractivity contribution in [3.05, 3.63) is 69.7 Å². The molecule has 0 amide bonds. The second kappa shape index (κ2) is 6.16. The molecule has 0 N–H and O–H groups in total. The molecule has 0 saturated heterocycles. The summed E-state index contributed by atoms with van der Waals surface area (Å²) in [6, 6.07) is 15.4. The van der Waals surface area contributed by atoms with E-state index >= 15 is 0 Å². The Hall–Kier alpha value is -1.41. The Labute approximate surface area is 122 Å². The molecule has 0 aliphatic carbocycles. The third kappa shape index (κ3) is 3.77. The molecule has 0 radical (unpaired) electrons. The maximum atomic E-state index is 12.4. The number of carbonyl (C=O) groups excluding carboxylic acids is 1. The van der Waals surface area contributed by atoms with Gasteiger partial charge in [-0.15, -0.1) is 0 Å². The van der Waals surface area contributed by atoms with Crippen LogP contribution in [0.3, 0.4) is 0 Å². The van der Waals surface area contributed by atoms with Crippen LogP contribution in [0.4, 0.5) is 0 Å². The number of benzene rings is 2. The second-order valence-corrected chi connectivity index (χ2v) is 6.05. The molecular formula is C17H17BrO. The molecule has 2 rings (SSSR count). The summed E-state index contributed by atoms with van der Waals surface area (Å²) in [7, 11) is 0. The van der Waals surface area contributed by atoms with Crippen LogP contribution in [0.2, 0.25) is 0 Å². The van der Waals surface area contributed by atoms with Gasteiger partial charge in [-0.25, -0.2) is 0 Å². The van der Waals surface area contributed by atoms with E-state index in [0.29, 0.717) is 5.92 Å². The summed E-state index contributed by atoms with van der Waals surface area (Å²) in [5.74, 6) is 0.670. The van der Waals surface area contributed by atoms with E-state index in [9.17, 15) is 4.79 Å². The summed E-state index contributed by atoms with van der Waals surface area (Å²) in [6.07, 6.45) is 1.000. The van der Waals surface area contributed by atoms with E-state index in [0.717, 1.165) is 22.0 Å². The predicted molar refractivity (Wildman–Crippen MR) is 82.6 cm³/mol. The standard InChI is InChI=1S/C17H17BrO/c1-12(2)9-13-5-3-6-14(10-13)17(19)15-7-4-8-16(18)11-15/h3-8,10-12H,9H2,1-2H3. The fraction of sp³-hybridized carbons (Fsp3) is 0.235. The van der Waals surface area contributed by atoms with Crippen LogP contribution in [0, 0.1) is 5.92 Å². The van der Waals surface area contributed by atoms with Crippen LogP contribution in [-0.2, 0) is 6.42 Å². The van der Waals surface area contributed by atoms with Gasteiger partial charge >= 0.3 is 0 Å². The van der Waals surface area contributed by atoms with Gasteiger partial charge in [0, 0.05) is 15.6 Å². The Bertz CT molecular complexity index is 587. The number of hydrogen-bond acceptors (Lipinski definition) is 1. The lowest BCUT2D eigenvalue weighted by molar-refractivity contribution is 0.103. The molecule has 0 aliphatic rings. The van der Waals surface area contributed by atoms with E-state index in [1.807, 2.05) is 42.5 Å². The normalized spacial score (nSPS) is 10.7. The maximum Gasteiger partial charge on any atom is 0.193 e. The van der Waals surface area contributed by atoms with Crippen LogP contribution in [0.25, 0.3) is 0 Å². The Morgan fingerprint density at radius 1 is 1.05 bits per heavy atom. The highest BCUT2D eigenvalue weighted by atomic mass is 79.9. The molecule has 0 fully saturated rings. The molecular weight excluding hydrogens is 300 g/mol. The Balaban J connectivity index is 2.29. The molecule has 1 nitrogen and oxygen atoms in total. The van der Waals surface area contributed by atoms with Crippen LogP contribution in [0.1, 0.15) is 35.3 Å². The van der Waals surface area contributed by atoms with Crippen molar-refractivity contribution in [3.8, 4) is 0 Å². The van der Waals surface area contributed by atoms with E-state index in [1.54, 1.807) is 0 Å². The topological polar surface area (TPSA) is 17.1 Å². The molecule has 0 aromatic heterocycles. The lowest BCUT2D eigenvalue weighted by Crippen LogP contribution is -2.03. The zero-order chi connectivity index (χ0) is 13.8. The average molecular weight is 317 g/mol. The van der Waals surface area contributed by atoms with Crippen molar-refractivity contribution in [2.24, 2.45) is 5.92 Å². The van der Waals surface area contributed by atoms with E-state index in [-0.39, 0.29) is 5.78 Å². The first kappa shape index (κ1) is 14.0. The highest BCUT2D eigenvalue weighted by molar-refractivity contribution is 9.10. The van der Waals surface area contributed by atoms with Crippen LogP contribution >= 0.6 is 15.9 Å². The predicted octanol–water partition coefficient (Wildman–Crippen LogP) is 4.88. The second-order valence-electron chi connectivity index (χ2n) is 5.14. The van der Waals surface area contributed by atoms with E-state index < -0.39 is 0 Å². The number of halogens is 1. The van der Waals surface area contributed by atoms with Crippen molar-refractivity contribution in [2.45, 2.75) is 20.3 Å². The fourth-order valence-electron chi connectivity index (χ4n) is 2.11. The van der Waals surface area contributed by atoms with E-state index in [2.05, 4.69) is 35.8 Å². The third-order valence-electron chi connectivity index (χ3n) is 2.92. The quantitative estimate of drug-likeness (QED) is 0.735. The van der Waals surface area contributed by atoms with Crippen molar-refractivity contribution in [2.75, 3.05) is 0 Å². The lowest BCUT2D eigenvalue weighted by atomic mass is 9.97. The minimum atomic E-state index is 0.0758. The Morgan fingerprint density at radius 3 is 2.32 bits per heavy atom. The van der Waals surface area contributed by atoms with Gasteiger partial charge in [-0.3, -0.25) is 4.79 Å². The minimum absolute atomic E-state index is 0.0758. The molecule has 0 spiro atoms. The fourth-order valence-corrected chi connectivity index (χ4v) is 2.51. The molecule has 0 aliphatic heterocycles. The number of carbonyl (C=O) groups is 1. The van der Waals surface area contributed by atoms with Gasteiger partial charge in [0.15, 0.2) is 5.78 Å². The highest BCUT2D eigenvalue weighted by Gasteiger charge is 2.10. The van der Waals surface area contributed by atoms with Crippen molar-refractivity contribution in [1.82, 2.24) is 0 Å². The minimum Gasteiger partial charge on any atom is -0.289 e. The average Bonchev–Trinajstić information content (AvgIpc) is 2.37. The largest absolute Gasteiger partial charge is 0.289 e. The summed E-state index contributed by atoms with van der Waals surface area (Å²) in [4.78, 5) is 12.4. The van der Waals surface area contributed by atoms with E-state index in [4.69, 9.17) is 0 Å². The van der Waals surface area contributed by atoms with Gasteiger partial charge in [-0.05, 0) is 36.1 Å². The van der Waals surface area contributed by atoms with Gasteiger partial charge in [0.25, 0.3) is 0 Å². The van der Waals surface area contributed by atoms with Crippen molar-refractivity contribution in [1.29, 1.82) is 0 Å². The molecule has 2 aromatic carbocycles. The number of hydrogen-bond donors (Lipinski definition) is 0. The van der Waals surface area contributed by atoms with Gasteiger partial charge < -0.3 is 0 Å². The van der Waals surface area contributed by atoms with Crippen LogP contribution in [0.15, 0.2) is 53.0 Å². The zero-order valence-corrected chi connectivity index (χ0v) is 12.8. The van der Waals surface area contributed by atoms with E-state index in [1.165, 1.54) is 5.56 Å². The Kier molecular flexibility index (Phi) is 4.54. The molecule has 0 bridgehead atoms. The summed E-state index contributed by atoms with van der Waals surface area (Å²) < 4.78 is 0.927. The first-order valence-electron chi connectivity index (χ1n) is 6.45. The lowest BCUT2D eigenvalue weighted by Gasteiger charge is -2.07. The maximum absolute atomic E-state index is 12.4. The molecule has 19 heavy (non-hydrogen) atoms. The summed E-state index contributed by atoms with van der Waals surface area (Å²) in [6.45, 7) is 4.37. The van der Waals surface area contributed by atoms with Crippen molar-refractivity contribution >= 4 is 21.7 Å². The summed E-state index contributed by atoms with van der Waals surface area (Å²) in [5, 5.41) is 0. The molecule has 0 unspecified atom stereocenters. The molecule has 0 heterocycles. The molecule has 0 saturated carbocycles. The smallest absolute Gasteiger partial charge is 0.193 e. The molecule has 0 atom stereocenters. The third-order valence-corrected chi connectivity index (χ3v) is 3.41. The molecule has 2 heteroatoms. The summed E-state index contributed by atoms with van der Waals surface area (Å²) in [5.41, 5.74) is 2.70. The van der Waals surface area contributed by atoms with Gasteiger partial charge in [0.2, 0.25) is 0 Å². The van der Waals surface area contributed by atoms with Crippen molar-refractivity contribution in [3.63, 3.8) is 0 Å². The Morgan fingerprint density at radius 2 is 1.68 bits per heavy atom. The summed E-state index contributed by atoms with van der Waals surface area (Å²) >= 11 is 3.40. The molecule has 98 valence electrons. The van der Waals surface area contributed by atoms with Gasteiger partial charge in [0.1, 0.15) is 0 Å². The van der Waals surface area contributed by atoms with Gasteiger partial charge in [-0.2, -0.15) is 0 Å². The highest BCUT2D eigenvalue weighted by Crippen LogP contribution is 2.17. The number of rotatable bonds is 4. The van der Waals surface area contributed by atoms with Gasteiger partial charge in [-0.1, -0.05) is 60.1 Å². The monoisotopic (exact) mass is 316 g/mol. The van der Waals surface area contributed by atoms with Crippen LogP contribution in [0.5, 0.6) is 0 Å². The van der Waals surface area contributed by atoms with Gasteiger partial charge in [0.05, 0.1) is 0 Å². The van der Waals surface area contributed by atoms with Crippen LogP contribution in [-0.4, -0.2) is 5.78 Å².